The molecule has 0 bridgehead atoms. The van der Waals surface area contributed by atoms with E-state index < -0.39 is 17.7 Å². The van der Waals surface area contributed by atoms with Crippen molar-refractivity contribution in [3.8, 4) is 11.5 Å². The largest absolute Gasteiger partial charge is 0.507 e. The smallest absolute Gasteiger partial charge is 0.300 e. The van der Waals surface area contributed by atoms with E-state index in [-0.39, 0.29) is 16.7 Å². The summed E-state index contributed by atoms with van der Waals surface area (Å²) in [6.45, 7) is 10.1. The van der Waals surface area contributed by atoms with Crippen molar-refractivity contribution < 1.29 is 24.2 Å². The van der Waals surface area contributed by atoms with Crippen LogP contribution >= 0.6 is 0 Å². The first-order valence-electron chi connectivity index (χ1n) is 12.2. The number of methoxy groups -OCH3 is 2. The van der Waals surface area contributed by atoms with E-state index in [9.17, 15) is 14.7 Å². The summed E-state index contributed by atoms with van der Waals surface area (Å²) in [5.74, 6) is -0.416. The van der Waals surface area contributed by atoms with E-state index in [1.807, 2.05) is 44.2 Å². The zero-order valence-electron chi connectivity index (χ0n) is 22.4. The molecular weight excluding hydrogens is 466 g/mol. The molecule has 0 aromatic heterocycles. The molecule has 3 aromatic rings. The number of aryl methyl sites for hydroxylation is 2. The van der Waals surface area contributed by atoms with Gasteiger partial charge in [0.2, 0.25) is 0 Å². The summed E-state index contributed by atoms with van der Waals surface area (Å²) in [7, 11) is 3.13. The summed E-state index contributed by atoms with van der Waals surface area (Å²) in [5, 5.41) is 11.6. The number of ether oxygens (including phenoxy) is 2. The van der Waals surface area contributed by atoms with Gasteiger partial charge in [0.15, 0.2) is 0 Å². The molecule has 1 heterocycles. The van der Waals surface area contributed by atoms with Crippen LogP contribution in [0.3, 0.4) is 0 Å². The van der Waals surface area contributed by atoms with Gasteiger partial charge in [-0.05, 0) is 65.8 Å². The number of nitrogens with zero attached hydrogens (tertiary/aromatic N) is 1. The topological polar surface area (TPSA) is 76.1 Å². The Morgan fingerprint density at radius 3 is 2.16 bits per heavy atom. The molecule has 1 atom stereocenters. The van der Waals surface area contributed by atoms with Crippen LogP contribution in [0.25, 0.3) is 5.76 Å². The van der Waals surface area contributed by atoms with Crippen LogP contribution in [-0.2, 0) is 15.0 Å². The second-order valence-corrected chi connectivity index (χ2v) is 10.4. The number of aliphatic hydroxyl groups is 1. The number of benzene rings is 3. The highest BCUT2D eigenvalue weighted by atomic mass is 16.5. The lowest BCUT2D eigenvalue weighted by Crippen LogP contribution is -2.29. The van der Waals surface area contributed by atoms with Gasteiger partial charge >= 0.3 is 0 Å². The quantitative estimate of drug-likeness (QED) is 0.255. The van der Waals surface area contributed by atoms with Crippen molar-refractivity contribution >= 4 is 23.1 Å². The molecule has 1 N–H and O–H groups in total. The Hall–Kier alpha value is -4.06. The molecule has 0 saturated carbocycles. The van der Waals surface area contributed by atoms with E-state index in [0.717, 1.165) is 22.3 Å². The molecule has 0 radical (unpaired) electrons. The lowest BCUT2D eigenvalue weighted by Gasteiger charge is -2.27. The molecule has 6 nitrogen and oxygen atoms in total. The number of ketones is 1. The van der Waals surface area contributed by atoms with Gasteiger partial charge in [-0.25, -0.2) is 0 Å². The molecule has 0 spiro atoms. The van der Waals surface area contributed by atoms with E-state index in [1.165, 1.54) is 4.90 Å². The van der Waals surface area contributed by atoms with Crippen LogP contribution in [0.15, 0.2) is 66.2 Å². The summed E-state index contributed by atoms with van der Waals surface area (Å²) < 4.78 is 10.8. The Kier molecular flexibility index (Phi) is 6.87. The van der Waals surface area contributed by atoms with Crippen LogP contribution in [0.4, 0.5) is 5.69 Å². The average Bonchev–Trinajstić information content (AvgIpc) is 3.14. The van der Waals surface area contributed by atoms with E-state index in [1.54, 1.807) is 44.6 Å². The maximum Gasteiger partial charge on any atom is 0.300 e. The molecule has 1 amide bonds. The zero-order valence-corrected chi connectivity index (χ0v) is 22.4. The highest BCUT2D eigenvalue weighted by molar-refractivity contribution is 6.51. The summed E-state index contributed by atoms with van der Waals surface area (Å²) in [6, 6.07) is 17.6. The minimum Gasteiger partial charge on any atom is -0.507 e. The second kappa shape index (κ2) is 9.77. The summed E-state index contributed by atoms with van der Waals surface area (Å²) in [4.78, 5) is 28.4. The lowest BCUT2D eigenvalue weighted by molar-refractivity contribution is -0.132. The normalized spacial score (nSPS) is 17.3. The first-order chi connectivity index (χ1) is 17.5. The van der Waals surface area contributed by atoms with E-state index in [0.29, 0.717) is 22.7 Å². The minimum absolute atomic E-state index is 0.0454. The fourth-order valence-corrected chi connectivity index (χ4v) is 4.75. The van der Waals surface area contributed by atoms with Crippen molar-refractivity contribution in [2.24, 2.45) is 0 Å². The molecule has 1 fully saturated rings. The number of carbonyl (C=O) groups is 2. The van der Waals surface area contributed by atoms with Crippen LogP contribution in [0, 0.1) is 13.8 Å². The van der Waals surface area contributed by atoms with E-state index in [2.05, 4.69) is 20.8 Å². The van der Waals surface area contributed by atoms with E-state index >= 15 is 0 Å². The lowest BCUT2D eigenvalue weighted by atomic mass is 9.85. The van der Waals surface area contributed by atoms with Crippen molar-refractivity contribution in [3.63, 3.8) is 0 Å². The fourth-order valence-electron chi connectivity index (χ4n) is 4.75. The van der Waals surface area contributed by atoms with Crippen molar-refractivity contribution in [1.29, 1.82) is 0 Å². The number of hydrogen-bond acceptors (Lipinski definition) is 5. The van der Waals surface area contributed by atoms with Gasteiger partial charge in [0.1, 0.15) is 17.3 Å². The average molecular weight is 500 g/mol. The molecular formula is C31H33NO5. The number of hydrogen-bond donors (Lipinski definition) is 1. The molecule has 1 aliphatic rings. The van der Waals surface area contributed by atoms with Gasteiger partial charge in [0.25, 0.3) is 11.7 Å². The zero-order chi connectivity index (χ0) is 27.1. The molecule has 6 heteroatoms. The Bertz CT molecular complexity index is 1400. The van der Waals surface area contributed by atoms with Crippen LogP contribution in [0.5, 0.6) is 11.5 Å². The van der Waals surface area contributed by atoms with Gasteiger partial charge in [0.05, 0.1) is 25.8 Å². The maximum absolute atomic E-state index is 13.5. The molecule has 37 heavy (non-hydrogen) atoms. The summed E-state index contributed by atoms with van der Waals surface area (Å²) in [6.07, 6.45) is 0. The van der Waals surface area contributed by atoms with Crippen LogP contribution in [-0.4, -0.2) is 31.0 Å². The van der Waals surface area contributed by atoms with Gasteiger partial charge in [0, 0.05) is 17.3 Å². The fraction of sp³-hybridized carbons (Fsp3) is 0.290. The van der Waals surface area contributed by atoms with Crippen molar-refractivity contribution in [3.05, 3.63) is 94.1 Å². The maximum atomic E-state index is 13.5. The van der Waals surface area contributed by atoms with Crippen LogP contribution < -0.4 is 14.4 Å². The van der Waals surface area contributed by atoms with Crippen molar-refractivity contribution in [2.75, 3.05) is 19.1 Å². The molecule has 4 rings (SSSR count). The first kappa shape index (κ1) is 26.0. The summed E-state index contributed by atoms with van der Waals surface area (Å²) >= 11 is 0. The molecule has 1 aliphatic heterocycles. The number of aliphatic hydroxyl groups excluding tert-OH is 1. The molecule has 192 valence electrons. The highest BCUT2D eigenvalue weighted by Crippen LogP contribution is 2.44. The van der Waals surface area contributed by atoms with Gasteiger partial charge in [-0.15, -0.1) is 0 Å². The number of anilines is 1. The standard InChI is InChI=1S/C31H33NO5/c1-18-16-25(37-7)19(2)15-24(18)28(33)26-27(20-11-13-21(14-12-20)31(3,4)5)32(30(35)29(26)34)22-9-8-10-23(17-22)36-6/h8-17,27,33H,1-7H3/b28-26+. The molecule has 1 saturated heterocycles. The molecule has 3 aromatic carbocycles. The summed E-state index contributed by atoms with van der Waals surface area (Å²) in [5.41, 5.74) is 4.35. The third kappa shape index (κ3) is 4.71. The minimum atomic E-state index is -0.817. The highest BCUT2D eigenvalue weighted by Gasteiger charge is 2.47. The van der Waals surface area contributed by atoms with Gasteiger partial charge < -0.3 is 14.6 Å². The number of rotatable bonds is 5. The van der Waals surface area contributed by atoms with Gasteiger partial charge in [-0.3, -0.25) is 14.5 Å². The van der Waals surface area contributed by atoms with Gasteiger partial charge in [-0.1, -0.05) is 51.1 Å². The Morgan fingerprint density at radius 2 is 1.57 bits per heavy atom. The Labute approximate surface area is 218 Å². The first-order valence-corrected chi connectivity index (χ1v) is 12.2. The SMILES string of the molecule is COc1cccc(N2C(=O)C(=O)/C(=C(/O)c3cc(C)c(OC)cc3C)C2c2ccc(C(C)(C)C)cc2)c1. The second-order valence-electron chi connectivity index (χ2n) is 10.4. The molecule has 0 aliphatic carbocycles. The van der Waals surface area contributed by atoms with Gasteiger partial charge in [-0.2, -0.15) is 0 Å². The Balaban J connectivity index is 1.96. The third-order valence-electron chi connectivity index (χ3n) is 6.87. The van der Waals surface area contributed by atoms with Crippen LogP contribution in [0.2, 0.25) is 0 Å². The predicted octanol–water partition coefficient (Wildman–Crippen LogP) is 6.24. The van der Waals surface area contributed by atoms with Crippen LogP contribution in [0.1, 0.15) is 54.6 Å². The Morgan fingerprint density at radius 1 is 0.892 bits per heavy atom. The number of carbonyl (C=O) groups excluding carboxylic acids is 2. The monoisotopic (exact) mass is 499 g/mol. The predicted molar refractivity (Wildman–Crippen MR) is 145 cm³/mol. The number of amides is 1. The molecule has 1 unspecified atom stereocenters. The van der Waals surface area contributed by atoms with Crippen molar-refractivity contribution in [1.82, 2.24) is 0 Å². The van der Waals surface area contributed by atoms with E-state index in [4.69, 9.17) is 9.47 Å². The van der Waals surface area contributed by atoms with Crippen molar-refractivity contribution in [2.45, 2.75) is 46.1 Å². The third-order valence-corrected chi connectivity index (χ3v) is 6.87. The number of Topliss-reactive ketones (excluding diaryl/α,β-unsaturated/α-hetero) is 1.